The van der Waals surface area contributed by atoms with E-state index in [1.807, 2.05) is 0 Å². The molecule has 0 saturated carbocycles. The van der Waals surface area contributed by atoms with E-state index in [4.69, 9.17) is 0 Å². The summed E-state index contributed by atoms with van der Waals surface area (Å²) in [6.07, 6.45) is -3.33. The van der Waals surface area contributed by atoms with Gasteiger partial charge in [-0.2, -0.15) is 13.2 Å². The molecule has 2 nitrogen and oxygen atoms in total. The average Bonchev–Trinajstić information content (AvgIpc) is 2.14. The van der Waals surface area contributed by atoms with Crippen LogP contribution in [-0.2, 0) is 17.4 Å². The number of carbonyl (C=O) groups excluding carboxylic acids is 1. The Labute approximate surface area is 78.8 Å². The van der Waals surface area contributed by atoms with Crippen LogP contribution in [0.2, 0.25) is 0 Å². The Hall–Kier alpha value is -1.39. The Balaban J connectivity index is 2.84. The predicted octanol–water partition coefficient (Wildman–Crippen LogP) is 2.23. The van der Waals surface area contributed by atoms with Gasteiger partial charge in [0, 0.05) is 12.1 Å². The molecule has 14 heavy (non-hydrogen) atoms. The molecule has 0 fully saturated rings. The van der Waals surface area contributed by atoms with Gasteiger partial charge in [0.1, 0.15) is 12.0 Å². The molecule has 0 atom stereocenters. The maximum atomic E-state index is 12.2. The van der Waals surface area contributed by atoms with E-state index >= 15 is 0 Å². The first kappa shape index (κ1) is 10.7. The Morgan fingerprint density at radius 3 is 2.64 bits per heavy atom. The summed E-state index contributed by atoms with van der Waals surface area (Å²) >= 11 is 0. The van der Waals surface area contributed by atoms with Crippen molar-refractivity contribution in [3.8, 4) is 0 Å². The van der Waals surface area contributed by atoms with Crippen molar-refractivity contribution in [3.63, 3.8) is 0 Å². The van der Waals surface area contributed by atoms with Gasteiger partial charge in [-0.1, -0.05) is 6.07 Å². The van der Waals surface area contributed by atoms with E-state index < -0.39 is 11.9 Å². The third-order valence-corrected chi connectivity index (χ3v) is 1.62. The number of carbonyl (C=O) groups is 1. The van der Waals surface area contributed by atoms with Gasteiger partial charge in [0.05, 0.1) is 0 Å². The SMILES string of the molecule is O=CCCc1cccc(C(F)(F)F)n1. The molecule has 1 rings (SSSR count). The fourth-order valence-electron chi connectivity index (χ4n) is 0.984. The van der Waals surface area contributed by atoms with Crippen molar-refractivity contribution in [1.29, 1.82) is 0 Å². The van der Waals surface area contributed by atoms with E-state index in [0.29, 0.717) is 6.29 Å². The third kappa shape index (κ3) is 2.83. The lowest BCUT2D eigenvalue weighted by molar-refractivity contribution is -0.141. The highest BCUT2D eigenvalue weighted by atomic mass is 19.4. The van der Waals surface area contributed by atoms with Crippen LogP contribution < -0.4 is 0 Å². The fraction of sp³-hybridized carbons (Fsp3) is 0.333. The van der Waals surface area contributed by atoms with Crippen LogP contribution >= 0.6 is 0 Å². The monoisotopic (exact) mass is 203 g/mol. The molecule has 0 aliphatic rings. The number of hydrogen-bond acceptors (Lipinski definition) is 2. The molecule has 0 bridgehead atoms. The lowest BCUT2D eigenvalue weighted by atomic mass is 10.2. The van der Waals surface area contributed by atoms with Crippen molar-refractivity contribution in [2.24, 2.45) is 0 Å². The topological polar surface area (TPSA) is 30.0 Å². The number of halogens is 3. The number of rotatable bonds is 3. The molecular weight excluding hydrogens is 195 g/mol. The van der Waals surface area contributed by atoms with Crippen LogP contribution in [0.25, 0.3) is 0 Å². The molecular formula is C9H8F3NO. The van der Waals surface area contributed by atoms with Crippen LogP contribution in [0.3, 0.4) is 0 Å². The van der Waals surface area contributed by atoms with Gasteiger partial charge in [0.15, 0.2) is 0 Å². The first-order valence-electron chi connectivity index (χ1n) is 4.01. The molecule has 0 unspecified atom stereocenters. The van der Waals surface area contributed by atoms with Crippen molar-refractivity contribution in [1.82, 2.24) is 4.98 Å². The summed E-state index contributed by atoms with van der Waals surface area (Å²) in [6.45, 7) is 0. The molecule has 0 saturated heterocycles. The fourth-order valence-corrected chi connectivity index (χ4v) is 0.984. The van der Waals surface area contributed by atoms with E-state index in [0.717, 1.165) is 6.07 Å². The number of aryl methyl sites for hydroxylation is 1. The van der Waals surface area contributed by atoms with Crippen molar-refractivity contribution in [3.05, 3.63) is 29.6 Å². The molecule has 0 amide bonds. The molecule has 0 aromatic carbocycles. The number of aldehydes is 1. The van der Waals surface area contributed by atoms with Gasteiger partial charge >= 0.3 is 6.18 Å². The molecule has 0 aliphatic heterocycles. The van der Waals surface area contributed by atoms with Gasteiger partial charge in [-0.25, -0.2) is 4.98 Å². The van der Waals surface area contributed by atoms with Gasteiger partial charge in [-0.15, -0.1) is 0 Å². The molecule has 5 heteroatoms. The van der Waals surface area contributed by atoms with Crippen LogP contribution in [0.5, 0.6) is 0 Å². The van der Waals surface area contributed by atoms with Crippen molar-refractivity contribution in [2.75, 3.05) is 0 Å². The highest BCUT2D eigenvalue weighted by molar-refractivity contribution is 5.49. The smallest absolute Gasteiger partial charge is 0.303 e. The second-order valence-electron chi connectivity index (χ2n) is 2.72. The summed E-state index contributed by atoms with van der Waals surface area (Å²) in [5.41, 5.74) is -0.632. The summed E-state index contributed by atoms with van der Waals surface area (Å²) in [7, 11) is 0. The lowest BCUT2D eigenvalue weighted by Crippen LogP contribution is -2.09. The largest absolute Gasteiger partial charge is 0.433 e. The summed E-state index contributed by atoms with van der Waals surface area (Å²) in [6, 6.07) is 3.67. The average molecular weight is 203 g/mol. The third-order valence-electron chi connectivity index (χ3n) is 1.62. The van der Waals surface area contributed by atoms with E-state index in [-0.39, 0.29) is 18.5 Å². The van der Waals surface area contributed by atoms with Crippen LogP contribution in [0.4, 0.5) is 13.2 Å². The standard InChI is InChI=1S/C9H8F3NO/c10-9(11,12)8-5-1-3-7(13-8)4-2-6-14/h1,3,5-6H,2,4H2. The summed E-state index contributed by atoms with van der Waals surface area (Å²) < 4.78 is 36.5. The van der Waals surface area contributed by atoms with Gasteiger partial charge < -0.3 is 4.79 Å². The Bertz CT molecular complexity index is 322. The zero-order valence-corrected chi connectivity index (χ0v) is 7.21. The molecule has 1 aromatic heterocycles. The van der Waals surface area contributed by atoms with Crippen molar-refractivity contribution < 1.29 is 18.0 Å². The summed E-state index contributed by atoms with van der Waals surface area (Å²) in [5.74, 6) is 0. The van der Waals surface area contributed by atoms with Crippen LogP contribution in [0, 0.1) is 0 Å². The Morgan fingerprint density at radius 1 is 1.36 bits per heavy atom. The van der Waals surface area contributed by atoms with Gasteiger partial charge in [-0.3, -0.25) is 0 Å². The first-order valence-corrected chi connectivity index (χ1v) is 4.01. The summed E-state index contributed by atoms with van der Waals surface area (Å²) in [5, 5.41) is 0. The van der Waals surface area contributed by atoms with Crippen LogP contribution in [0.15, 0.2) is 18.2 Å². The van der Waals surface area contributed by atoms with Gasteiger partial charge in [-0.05, 0) is 18.6 Å². The normalized spacial score (nSPS) is 11.4. The second-order valence-corrected chi connectivity index (χ2v) is 2.72. The number of aromatic nitrogens is 1. The maximum Gasteiger partial charge on any atom is 0.433 e. The van der Waals surface area contributed by atoms with Gasteiger partial charge in [0.2, 0.25) is 0 Å². The highest BCUT2D eigenvalue weighted by Crippen LogP contribution is 2.27. The predicted molar refractivity (Wildman–Crippen MR) is 43.6 cm³/mol. The number of pyridine rings is 1. The van der Waals surface area contributed by atoms with Crippen LogP contribution in [0.1, 0.15) is 17.8 Å². The number of nitrogens with zero attached hydrogens (tertiary/aromatic N) is 1. The van der Waals surface area contributed by atoms with Crippen molar-refractivity contribution >= 4 is 6.29 Å². The molecule has 0 aliphatic carbocycles. The molecule has 0 spiro atoms. The van der Waals surface area contributed by atoms with Crippen molar-refractivity contribution in [2.45, 2.75) is 19.0 Å². The minimum Gasteiger partial charge on any atom is -0.303 e. The minimum atomic E-state index is -4.42. The zero-order valence-electron chi connectivity index (χ0n) is 7.21. The zero-order chi connectivity index (χ0) is 10.6. The molecule has 76 valence electrons. The van der Waals surface area contributed by atoms with E-state index in [2.05, 4.69) is 4.98 Å². The van der Waals surface area contributed by atoms with Crippen LogP contribution in [-0.4, -0.2) is 11.3 Å². The van der Waals surface area contributed by atoms with E-state index in [9.17, 15) is 18.0 Å². The summed E-state index contributed by atoms with van der Waals surface area (Å²) in [4.78, 5) is 13.4. The first-order chi connectivity index (χ1) is 6.54. The number of alkyl halides is 3. The Morgan fingerprint density at radius 2 is 2.07 bits per heavy atom. The maximum absolute atomic E-state index is 12.2. The molecule has 0 N–H and O–H groups in total. The quantitative estimate of drug-likeness (QED) is 0.705. The highest BCUT2D eigenvalue weighted by Gasteiger charge is 2.32. The van der Waals surface area contributed by atoms with E-state index in [1.54, 1.807) is 0 Å². The molecule has 0 radical (unpaired) electrons. The van der Waals surface area contributed by atoms with Gasteiger partial charge in [0.25, 0.3) is 0 Å². The molecule has 1 heterocycles. The second kappa shape index (κ2) is 4.21. The minimum absolute atomic E-state index is 0.189. The number of hydrogen-bond donors (Lipinski definition) is 0. The molecule has 1 aromatic rings. The van der Waals surface area contributed by atoms with E-state index in [1.165, 1.54) is 12.1 Å². The lowest BCUT2D eigenvalue weighted by Gasteiger charge is -2.06. The Kier molecular flexibility index (Phi) is 3.22.